The first kappa shape index (κ1) is 13.9. The molecule has 1 N–H and O–H groups in total. The number of nitrogens with zero attached hydrogens (tertiary/aromatic N) is 1. The molecule has 1 amide bonds. The minimum absolute atomic E-state index is 0.212. The number of carbonyl (C=O) groups is 1. The second-order valence-electron chi connectivity index (χ2n) is 6.56. The summed E-state index contributed by atoms with van der Waals surface area (Å²) in [4.78, 5) is 15.0. The highest BCUT2D eigenvalue weighted by atomic mass is 16.2. The highest BCUT2D eigenvalue weighted by Gasteiger charge is 2.36. The fourth-order valence-electron chi connectivity index (χ4n) is 3.38. The normalized spacial score (nSPS) is 29.1. The minimum atomic E-state index is 0.212. The van der Waals surface area contributed by atoms with E-state index in [0.29, 0.717) is 23.8 Å². The zero-order chi connectivity index (χ0) is 13.1. The number of hydrogen-bond acceptors (Lipinski definition) is 2. The van der Waals surface area contributed by atoms with Crippen LogP contribution >= 0.6 is 0 Å². The minimum Gasteiger partial charge on any atom is -0.339 e. The number of amides is 1. The van der Waals surface area contributed by atoms with Crippen molar-refractivity contribution in [1.82, 2.24) is 10.2 Å². The summed E-state index contributed by atoms with van der Waals surface area (Å²) in [5.74, 6) is 1.69. The molecule has 0 aromatic heterocycles. The van der Waals surface area contributed by atoms with Gasteiger partial charge in [0.2, 0.25) is 5.91 Å². The molecule has 1 heterocycles. The van der Waals surface area contributed by atoms with Crippen LogP contribution in [-0.2, 0) is 4.79 Å². The Morgan fingerprint density at radius 3 is 2.44 bits per heavy atom. The first-order valence-corrected chi connectivity index (χ1v) is 7.60. The van der Waals surface area contributed by atoms with Gasteiger partial charge in [-0.3, -0.25) is 4.79 Å². The van der Waals surface area contributed by atoms with Crippen molar-refractivity contribution < 1.29 is 4.79 Å². The Hall–Kier alpha value is -0.570. The van der Waals surface area contributed by atoms with Crippen molar-refractivity contribution in [1.29, 1.82) is 0 Å². The summed E-state index contributed by atoms with van der Waals surface area (Å²) < 4.78 is 0. The van der Waals surface area contributed by atoms with E-state index in [1.165, 1.54) is 25.7 Å². The molecular weight excluding hydrogens is 224 g/mol. The molecular formula is C15H28N2O. The van der Waals surface area contributed by atoms with Gasteiger partial charge in [-0.05, 0) is 31.2 Å². The Bertz CT molecular complexity index is 284. The Kier molecular flexibility index (Phi) is 4.66. The van der Waals surface area contributed by atoms with E-state index < -0.39 is 0 Å². The van der Waals surface area contributed by atoms with Crippen LogP contribution in [0.4, 0.5) is 0 Å². The average Bonchev–Trinajstić information content (AvgIpc) is 2.95. The summed E-state index contributed by atoms with van der Waals surface area (Å²) in [6, 6.07) is 0.521. The summed E-state index contributed by atoms with van der Waals surface area (Å²) in [5, 5.41) is 3.35. The standard InChI is InChI=1S/C15H28N2O/c1-11(2)10-17(13-6-4-5-7-13)15(18)14-9-16-8-12(14)3/h11-14,16H,4-10H2,1-3H3/t12-,14-/m1/s1. The number of nitrogens with one attached hydrogen (secondary N) is 1. The van der Waals surface area contributed by atoms with Crippen molar-refractivity contribution >= 4 is 5.91 Å². The molecule has 1 saturated carbocycles. The predicted molar refractivity (Wildman–Crippen MR) is 74.3 cm³/mol. The topological polar surface area (TPSA) is 32.3 Å². The van der Waals surface area contributed by atoms with Gasteiger partial charge in [0.25, 0.3) is 0 Å². The highest BCUT2D eigenvalue weighted by molar-refractivity contribution is 5.80. The predicted octanol–water partition coefficient (Wildman–Crippen LogP) is 2.27. The molecule has 3 nitrogen and oxygen atoms in total. The van der Waals surface area contributed by atoms with E-state index in [0.717, 1.165) is 19.6 Å². The van der Waals surface area contributed by atoms with E-state index in [1.807, 2.05) is 0 Å². The number of carbonyl (C=O) groups excluding carboxylic acids is 1. The fourth-order valence-corrected chi connectivity index (χ4v) is 3.38. The molecule has 2 rings (SSSR count). The van der Waals surface area contributed by atoms with Gasteiger partial charge in [-0.2, -0.15) is 0 Å². The zero-order valence-electron chi connectivity index (χ0n) is 12.1. The monoisotopic (exact) mass is 252 g/mol. The lowest BCUT2D eigenvalue weighted by Gasteiger charge is -2.33. The Labute approximate surface area is 111 Å². The van der Waals surface area contributed by atoms with Gasteiger partial charge in [0.1, 0.15) is 0 Å². The highest BCUT2D eigenvalue weighted by Crippen LogP contribution is 2.28. The average molecular weight is 252 g/mol. The number of hydrogen-bond donors (Lipinski definition) is 1. The quantitative estimate of drug-likeness (QED) is 0.832. The van der Waals surface area contributed by atoms with Crippen molar-refractivity contribution in [3.63, 3.8) is 0 Å². The summed E-state index contributed by atoms with van der Waals surface area (Å²) in [7, 11) is 0. The third-order valence-electron chi connectivity index (χ3n) is 4.45. The maximum Gasteiger partial charge on any atom is 0.227 e. The van der Waals surface area contributed by atoms with Crippen LogP contribution in [-0.4, -0.2) is 36.5 Å². The van der Waals surface area contributed by atoms with Gasteiger partial charge in [0.05, 0.1) is 5.92 Å². The van der Waals surface area contributed by atoms with Crippen molar-refractivity contribution in [3.05, 3.63) is 0 Å². The maximum atomic E-state index is 12.8. The second kappa shape index (κ2) is 6.05. The van der Waals surface area contributed by atoms with Crippen LogP contribution in [0.15, 0.2) is 0 Å². The lowest BCUT2D eigenvalue weighted by atomic mass is 9.95. The summed E-state index contributed by atoms with van der Waals surface area (Å²) in [5.41, 5.74) is 0. The molecule has 0 aromatic carbocycles. The molecule has 0 aromatic rings. The Morgan fingerprint density at radius 1 is 1.28 bits per heavy atom. The summed E-state index contributed by atoms with van der Waals surface area (Å²) >= 11 is 0. The molecule has 0 spiro atoms. The molecule has 3 heteroatoms. The Morgan fingerprint density at radius 2 is 1.94 bits per heavy atom. The van der Waals surface area contributed by atoms with Gasteiger partial charge in [0, 0.05) is 19.1 Å². The second-order valence-corrected chi connectivity index (χ2v) is 6.56. The molecule has 2 atom stereocenters. The SMILES string of the molecule is CC(C)CN(C(=O)[C@@H]1CNC[C@H]1C)C1CCCC1. The molecule has 2 fully saturated rings. The van der Waals surface area contributed by atoms with E-state index in [2.05, 4.69) is 31.0 Å². The van der Waals surface area contributed by atoms with E-state index in [-0.39, 0.29) is 5.92 Å². The third-order valence-corrected chi connectivity index (χ3v) is 4.45. The van der Waals surface area contributed by atoms with Crippen molar-refractivity contribution in [2.24, 2.45) is 17.8 Å². The molecule has 0 bridgehead atoms. The summed E-state index contributed by atoms with van der Waals surface area (Å²) in [6.45, 7) is 9.44. The van der Waals surface area contributed by atoms with Crippen LogP contribution in [0.3, 0.4) is 0 Å². The van der Waals surface area contributed by atoms with Crippen LogP contribution in [0, 0.1) is 17.8 Å². The molecule has 1 saturated heterocycles. The van der Waals surface area contributed by atoms with E-state index in [9.17, 15) is 4.79 Å². The lowest BCUT2D eigenvalue weighted by molar-refractivity contribution is -0.139. The lowest BCUT2D eigenvalue weighted by Crippen LogP contribution is -2.46. The van der Waals surface area contributed by atoms with E-state index in [4.69, 9.17) is 0 Å². The van der Waals surface area contributed by atoms with Crippen LogP contribution in [0.1, 0.15) is 46.5 Å². The molecule has 2 aliphatic rings. The van der Waals surface area contributed by atoms with Gasteiger partial charge >= 0.3 is 0 Å². The Balaban J connectivity index is 2.04. The van der Waals surface area contributed by atoms with Gasteiger partial charge in [-0.25, -0.2) is 0 Å². The van der Waals surface area contributed by atoms with Crippen molar-refractivity contribution in [2.45, 2.75) is 52.5 Å². The largest absolute Gasteiger partial charge is 0.339 e. The molecule has 1 aliphatic carbocycles. The van der Waals surface area contributed by atoms with Crippen LogP contribution in [0.2, 0.25) is 0 Å². The van der Waals surface area contributed by atoms with Crippen LogP contribution < -0.4 is 5.32 Å². The molecule has 0 unspecified atom stereocenters. The first-order valence-electron chi connectivity index (χ1n) is 7.60. The summed E-state index contributed by atoms with van der Waals surface area (Å²) in [6.07, 6.45) is 5.02. The van der Waals surface area contributed by atoms with Gasteiger partial charge in [-0.1, -0.05) is 33.6 Å². The maximum absolute atomic E-state index is 12.8. The van der Waals surface area contributed by atoms with E-state index in [1.54, 1.807) is 0 Å². The van der Waals surface area contributed by atoms with Crippen molar-refractivity contribution in [2.75, 3.05) is 19.6 Å². The third kappa shape index (κ3) is 3.05. The van der Waals surface area contributed by atoms with Crippen molar-refractivity contribution in [3.8, 4) is 0 Å². The van der Waals surface area contributed by atoms with Gasteiger partial charge in [-0.15, -0.1) is 0 Å². The zero-order valence-corrected chi connectivity index (χ0v) is 12.1. The first-order chi connectivity index (χ1) is 8.59. The molecule has 0 radical (unpaired) electrons. The number of rotatable bonds is 4. The molecule has 18 heavy (non-hydrogen) atoms. The molecule has 104 valence electrons. The smallest absolute Gasteiger partial charge is 0.227 e. The van der Waals surface area contributed by atoms with Gasteiger partial charge < -0.3 is 10.2 Å². The van der Waals surface area contributed by atoms with E-state index >= 15 is 0 Å². The van der Waals surface area contributed by atoms with Crippen LogP contribution in [0.25, 0.3) is 0 Å². The van der Waals surface area contributed by atoms with Crippen LogP contribution in [0.5, 0.6) is 0 Å². The fraction of sp³-hybridized carbons (Fsp3) is 0.933. The molecule has 1 aliphatic heterocycles. The van der Waals surface area contributed by atoms with Gasteiger partial charge in [0.15, 0.2) is 0 Å².